The van der Waals surface area contributed by atoms with Crippen LogP contribution in [0, 0.1) is 0 Å². The van der Waals surface area contributed by atoms with Gasteiger partial charge < -0.3 is 20.1 Å². The molecule has 1 aliphatic heterocycles. The van der Waals surface area contributed by atoms with E-state index in [4.69, 9.17) is 20.8 Å². The van der Waals surface area contributed by atoms with Crippen LogP contribution >= 0.6 is 0 Å². The minimum atomic E-state index is -1.18. The van der Waals surface area contributed by atoms with Crippen LogP contribution in [0.3, 0.4) is 0 Å². The molecule has 0 unspecified atom stereocenters. The third-order valence-electron chi connectivity index (χ3n) is 2.34. The predicted octanol–water partition coefficient (Wildman–Crippen LogP) is -2.25. The van der Waals surface area contributed by atoms with Crippen LogP contribution in [0.1, 0.15) is 6.92 Å². The minimum Gasteiger partial charge on any atom is -0.393 e. The maximum absolute atomic E-state index is 9.43. The zero-order chi connectivity index (χ0) is 10.1. The average molecular weight is 193 g/mol. The van der Waals surface area contributed by atoms with Gasteiger partial charge in [0, 0.05) is 0 Å². The van der Waals surface area contributed by atoms with Gasteiger partial charge in [-0.2, -0.15) is 0 Å². The summed E-state index contributed by atoms with van der Waals surface area (Å²) < 4.78 is 5.06. The first-order valence-electron chi connectivity index (χ1n) is 4.01. The standard InChI is InChI=1S/C7H15NO5/c1-7(3-9,13-8)6-5(11)4(10)2-12-6/h4-6,9-11H,2-3,8H2,1H3/t4-,5+,6-,7+/m0/s1. The molecule has 13 heavy (non-hydrogen) atoms. The minimum absolute atomic E-state index is 0.0186. The molecule has 0 aromatic carbocycles. The van der Waals surface area contributed by atoms with Crippen LogP contribution in [0.5, 0.6) is 0 Å². The second-order valence-electron chi connectivity index (χ2n) is 3.40. The Morgan fingerprint density at radius 3 is 2.54 bits per heavy atom. The lowest BCUT2D eigenvalue weighted by atomic mass is 9.95. The van der Waals surface area contributed by atoms with E-state index in [-0.39, 0.29) is 6.61 Å². The summed E-state index contributed by atoms with van der Waals surface area (Å²) in [6, 6.07) is 0. The summed E-state index contributed by atoms with van der Waals surface area (Å²) in [5, 5.41) is 27.6. The number of ether oxygens (including phenoxy) is 1. The number of aliphatic hydroxyl groups excluding tert-OH is 3. The third kappa shape index (κ3) is 1.83. The first kappa shape index (κ1) is 10.8. The van der Waals surface area contributed by atoms with Crippen LogP contribution in [-0.2, 0) is 9.57 Å². The molecule has 0 saturated carbocycles. The van der Waals surface area contributed by atoms with Crippen molar-refractivity contribution in [1.82, 2.24) is 0 Å². The zero-order valence-corrected chi connectivity index (χ0v) is 7.38. The lowest BCUT2D eigenvalue weighted by Gasteiger charge is -2.32. The highest BCUT2D eigenvalue weighted by atomic mass is 16.7. The van der Waals surface area contributed by atoms with Crippen molar-refractivity contribution < 1.29 is 24.9 Å². The quantitative estimate of drug-likeness (QED) is 0.377. The number of rotatable bonds is 3. The van der Waals surface area contributed by atoms with Crippen molar-refractivity contribution in [2.75, 3.05) is 13.2 Å². The Labute approximate surface area is 75.8 Å². The second kappa shape index (κ2) is 3.87. The molecule has 6 nitrogen and oxygen atoms in total. The Morgan fingerprint density at radius 2 is 2.23 bits per heavy atom. The van der Waals surface area contributed by atoms with Crippen molar-refractivity contribution in [1.29, 1.82) is 0 Å². The van der Waals surface area contributed by atoms with Crippen molar-refractivity contribution in [2.24, 2.45) is 5.90 Å². The van der Waals surface area contributed by atoms with E-state index < -0.39 is 30.5 Å². The molecule has 5 N–H and O–H groups in total. The van der Waals surface area contributed by atoms with Crippen molar-refractivity contribution in [2.45, 2.75) is 30.8 Å². The van der Waals surface area contributed by atoms with Crippen LogP contribution in [0.25, 0.3) is 0 Å². The second-order valence-corrected chi connectivity index (χ2v) is 3.40. The van der Waals surface area contributed by atoms with Crippen LogP contribution in [0.4, 0.5) is 0 Å². The lowest BCUT2D eigenvalue weighted by molar-refractivity contribution is -0.165. The third-order valence-corrected chi connectivity index (χ3v) is 2.34. The molecule has 0 aromatic heterocycles. The number of aliphatic hydroxyl groups is 3. The summed E-state index contributed by atoms with van der Waals surface area (Å²) in [4.78, 5) is 4.54. The first-order valence-corrected chi connectivity index (χ1v) is 4.01. The highest BCUT2D eigenvalue weighted by Gasteiger charge is 2.47. The van der Waals surface area contributed by atoms with Gasteiger partial charge in [-0.3, -0.25) is 4.84 Å². The molecule has 0 radical (unpaired) electrons. The SMILES string of the molecule is C[C@](CO)(ON)[C@H]1OC[C@H](O)[C@H]1O. The topological polar surface area (TPSA) is 105 Å². The summed E-state index contributed by atoms with van der Waals surface area (Å²) >= 11 is 0. The fourth-order valence-corrected chi connectivity index (χ4v) is 1.33. The smallest absolute Gasteiger partial charge is 0.138 e. The van der Waals surface area contributed by atoms with Gasteiger partial charge in [0.1, 0.15) is 23.9 Å². The molecule has 1 aliphatic rings. The van der Waals surface area contributed by atoms with Gasteiger partial charge in [-0.15, -0.1) is 0 Å². The predicted molar refractivity (Wildman–Crippen MR) is 42.5 cm³/mol. The van der Waals surface area contributed by atoms with E-state index in [1.165, 1.54) is 6.92 Å². The zero-order valence-electron chi connectivity index (χ0n) is 7.38. The fraction of sp³-hybridized carbons (Fsp3) is 1.00. The Bertz CT molecular complexity index is 172. The van der Waals surface area contributed by atoms with E-state index in [9.17, 15) is 5.11 Å². The van der Waals surface area contributed by atoms with E-state index >= 15 is 0 Å². The molecule has 6 heteroatoms. The summed E-state index contributed by atoms with van der Waals surface area (Å²) in [6.07, 6.45) is -2.84. The van der Waals surface area contributed by atoms with E-state index in [1.54, 1.807) is 0 Å². The van der Waals surface area contributed by atoms with Gasteiger partial charge in [0.25, 0.3) is 0 Å². The molecule has 0 bridgehead atoms. The van der Waals surface area contributed by atoms with Crippen LogP contribution in [0.2, 0.25) is 0 Å². The number of nitrogens with two attached hydrogens (primary N) is 1. The summed E-state index contributed by atoms with van der Waals surface area (Å²) in [5.74, 6) is 4.97. The molecule has 0 aromatic rings. The van der Waals surface area contributed by atoms with Crippen LogP contribution in [0.15, 0.2) is 0 Å². The Balaban J connectivity index is 2.70. The van der Waals surface area contributed by atoms with E-state index in [1.807, 2.05) is 0 Å². The van der Waals surface area contributed by atoms with Crippen molar-refractivity contribution >= 4 is 0 Å². The summed E-state index contributed by atoms with van der Waals surface area (Å²) in [6.45, 7) is 1.13. The highest BCUT2D eigenvalue weighted by Crippen LogP contribution is 2.26. The molecule has 1 rings (SSSR count). The maximum Gasteiger partial charge on any atom is 0.138 e. The largest absolute Gasteiger partial charge is 0.393 e. The van der Waals surface area contributed by atoms with Crippen molar-refractivity contribution in [3.05, 3.63) is 0 Å². The van der Waals surface area contributed by atoms with E-state index in [2.05, 4.69) is 4.84 Å². The molecule has 0 amide bonds. The average Bonchev–Trinajstić information content (AvgIpc) is 2.47. The molecule has 0 spiro atoms. The van der Waals surface area contributed by atoms with Crippen LogP contribution in [-0.4, -0.2) is 52.4 Å². The number of hydrogen-bond donors (Lipinski definition) is 4. The monoisotopic (exact) mass is 193 g/mol. The molecule has 1 heterocycles. The van der Waals surface area contributed by atoms with Gasteiger partial charge in [0.2, 0.25) is 0 Å². The fourth-order valence-electron chi connectivity index (χ4n) is 1.33. The van der Waals surface area contributed by atoms with Crippen molar-refractivity contribution in [3.8, 4) is 0 Å². The molecule has 0 aliphatic carbocycles. The Morgan fingerprint density at radius 1 is 1.62 bits per heavy atom. The molecule has 4 atom stereocenters. The lowest BCUT2D eigenvalue weighted by Crippen LogP contribution is -2.52. The molecule has 1 saturated heterocycles. The number of hydrogen-bond acceptors (Lipinski definition) is 6. The van der Waals surface area contributed by atoms with Gasteiger partial charge in [0.05, 0.1) is 13.2 Å². The molecule has 78 valence electrons. The summed E-state index contributed by atoms with van der Waals surface area (Å²) in [5.41, 5.74) is -1.18. The van der Waals surface area contributed by atoms with Crippen LogP contribution < -0.4 is 5.90 Å². The maximum atomic E-state index is 9.43. The van der Waals surface area contributed by atoms with Gasteiger partial charge in [-0.05, 0) is 6.92 Å². The Kier molecular flexibility index (Phi) is 3.23. The van der Waals surface area contributed by atoms with Crippen molar-refractivity contribution in [3.63, 3.8) is 0 Å². The molecular formula is C7H15NO5. The van der Waals surface area contributed by atoms with Gasteiger partial charge in [0.15, 0.2) is 0 Å². The van der Waals surface area contributed by atoms with Gasteiger partial charge >= 0.3 is 0 Å². The molecule has 1 fully saturated rings. The Hall–Kier alpha value is -0.240. The first-order chi connectivity index (χ1) is 6.05. The summed E-state index contributed by atoms with van der Waals surface area (Å²) in [7, 11) is 0. The molecular weight excluding hydrogens is 178 g/mol. The highest BCUT2D eigenvalue weighted by molar-refractivity contribution is 4.95. The normalized spacial score (nSPS) is 39.0. The van der Waals surface area contributed by atoms with Gasteiger partial charge in [-0.1, -0.05) is 0 Å². The van der Waals surface area contributed by atoms with E-state index in [0.29, 0.717) is 0 Å². The van der Waals surface area contributed by atoms with E-state index in [0.717, 1.165) is 0 Å². The van der Waals surface area contributed by atoms with Gasteiger partial charge in [-0.25, -0.2) is 5.90 Å².